The maximum absolute atomic E-state index is 12.7. The predicted octanol–water partition coefficient (Wildman–Crippen LogP) is 3.21. The van der Waals surface area contributed by atoms with E-state index in [0.717, 1.165) is 50.0 Å². The monoisotopic (exact) mass is 420 g/mol. The Kier molecular flexibility index (Phi) is 6.74. The summed E-state index contributed by atoms with van der Waals surface area (Å²) < 4.78 is 7.21. The number of amides is 1. The molecule has 2 aliphatic rings. The van der Waals surface area contributed by atoms with Crippen LogP contribution in [0.5, 0.6) is 5.75 Å². The summed E-state index contributed by atoms with van der Waals surface area (Å²) in [5.41, 5.74) is 7.42. The van der Waals surface area contributed by atoms with Gasteiger partial charge in [0.1, 0.15) is 11.4 Å². The van der Waals surface area contributed by atoms with Crippen molar-refractivity contribution < 1.29 is 9.53 Å². The third kappa shape index (κ3) is 4.70. The number of ether oxygens (including phenoxy) is 1. The van der Waals surface area contributed by atoms with Crippen molar-refractivity contribution in [2.24, 2.45) is 11.1 Å². The van der Waals surface area contributed by atoms with Crippen LogP contribution in [-0.2, 0) is 4.79 Å². The van der Waals surface area contributed by atoms with E-state index in [0.29, 0.717) is 30.3 Å². The van der Waals surface area contributed by atoms with E-state index in [1.54, 1.807) is 11.8 Å². The molecule has 0 saturated heterocycles. The standard InChI is InChI=1S/C20H28N6O2.ClH/c1-28-17-8-7-15(11-16(17)26-19(14-5-6-14)23-24-25-26)22-18(27)12-20(13-21)9-3-2-4-10-20;/h7-8,11,14H,2-6,9-10,12-13,21H2,1H3,(H,22,27);1H. The van der Waals surface area contributed by atoms with Gasteiger partial charge in [0, 0.05) is 18.0 Å². The molecule has 1 amide bonds. The molecule has 4 rings (SSSR count). The minimum Gasteiger partial charge on any atom is -0.494 e. The van der Waals surface area contributed by atoms with Crippen molar-refractivity contribution in [1.29, 1.82) is 0 Å². The summed E-state index contributed by atoms with van der Waals surface area (Å²) >= 11 is 0. The number of methoxy groups -OCH3 is 1. The molecule has 0 unspecified atom stereocenters. The summed E-state index contributed by atoms with van der Waals surface area (Å²) in [7, 11) is 1.62. The zero-order chi connectivity index (χ0) is 19.6. The SMILES string of the molecule is COc1ccc(NC(=O)CC2(CN)CCCCC2)cc1-n1nnnc1C1CC1.Cl. The van der Waals surface area contributed by atoms with Gasteiger partial charge >= 0.3 is 0 Å². The van der Waals surface area contributed by atoms with E-state index in [2.05, 4.69) is 20.8 Å². The largest absolute Gasteiger partial charge is 0.494 e. The molecule has 0 atom stereocenters. The molecule has 3 N–H and O–H groups in total. The van der Waals surface area contributed by atoms with Gasteiger partial charge in [-0.3, -0.25) is 4.79 Å². The van der Waals surface area contributed by atoms with Crippen LogP contribution in [0, 0.1) is 5.41 Å². The average Bonchev–Trinajstić information content (AvgIpc) is 3.45. The molecule has 9 heteroatoms. The molecule has 1 heterocycles. The number of halogens is 1. The Balaban J connectivity index is 0.00000240. The van der Waals surface area contributed by atoms with Gasteiger partial charge in [-0.2, -0.15) is 4.68 Å². The van der Waals surface area contributed by atoms with E-state index in [9.17, 15) is 4.79 Å². The maximum Gasteiger partial charge on any atom is 0.224 e. The fourth-order valence-corrected chi connectivity index (χ4v) is 4.20. The topological polar surface area (TPSA) is 108 Å². The second kappa shape index (κ2) is 9.09. The zero-order valence-electron chi connectivity index (χ0n) is 16.8. The predicted molar refractivity (Wildman–Crippen MR) is 113 cm³/mol. The van der Waals surface area contributed by atoms with E-state index in [1.165, 1.54) is 6.42 Å². The van der Waals surface area contributed by atoms with E-state index in [1.807, 2.05) is 18.2 Å². The first-order valence-electron chi connectivity index (χ1n) is 10.1. The van der Waals surface area contributed by atoms with E-state index in [-0.39, 0.29) is 23.7 Å². The molecule has 2 aliphatic carbocycles. The third-order valence-electron chi connectivity index (χ3n) is 6.01. The summed E-state index contributed by atoms with van der Waals surface area (Å²) in [6.07, 6.45) is 8.26. The lowest BCUT2D eigenvalue weighted by Gasteiger charge is -2.35. The lowest BCUT2D eigenvalue weighted by atomic mass is 9.71. The lowest BCUT2D eigenvalue weighted by molar-refractivity contribution is -0.118. The average molecular weight is 421 g/mol. The smallest absolute Gasteiger partial charge is 0.224 e. The molecular weight excluding hydrogens is 392 g/mol. The Morgan fingerprint density at radius 3 is 2.72 bits per heavy atom. The number of aromatic nitrogens is 4. The number of rotatable bonds is 7. The Hall–Kier alpha value is -2.19. The number of nitrogens with two attached hydrogens (primary N) is 1. The highest BCUT2D eigenvalue weighted by Gasteiger charge is 2.33. The first-order chi connectivity index (χ1) is 13.6. The van der Waals surface area contributed by atoms with Gasteiger partial charge < -0.3 is 15.8 Å². The normalized spacial score (nSPS) is 18.0. The number of nitrogens with zero attached hydrogens (tertiary/aromatic N) is 4. The minimum atomic E-state index is -0.0629. The molecule has 2 aromatic rings. The van der Waals surface area contributed by atoms with Gasteiger partial charge in [-0.05, 0) is 66.3 Å². The highest BCUT2D eigenvalue weighted by molar-refractivity contribution is 5.91. The maximum atomic E-state index is 12.7. The quantitative estimate of drug-likeness (QED) is 0.712. The number of hydrogen-bond donors (Lipinski definition) is 2. The number of hydrogen-bond acceptors (Lipinski definition) is 6. The van der Waals surface area contributed by atoms with Crippen LogP contribution in [0.1, 0.15) is 63.1 Å². The van der Waals surface area contributed by atoms with Gasteiger partial charge in [0.15, 0.2) is 5.82 Å². The molecule has 8 nitrogen and oxygen atoms in total. The van der Waals surface area contributed by atoms with Crippen molar-refractivity contribution in [3.05, 3.63) is 24.0 Å². The molecule has 2 fully saturated rings. The molecule has 1 aromatic heterocycles. The minimum absolute atomic E-state index is 0. The third-order valence-corrected chi connectivity index (χ3v) is 6.01. The number of benzene rings is 1. The molecular formula is C20H29ClN6O2. The highest BCUT2D eigenvalue weighted by Crippen LogP contribution is 2.41. The van der Waals surface area contributed by atoms with Crippen molar-refractivity contribution in [3.63, 3.8) is 0 Å². The molecule has 0 bridgehead atoms. The van der Waals surface area contributed by atoms with Crippen LogP contribution in [0.25, 0.3) is 5.69 Å². The first-order valence-corrected chi connectivity index (χ1v) is 10.1. The first kappa shape index (κ1) is 21.5. The summed E-state index contributed by atoms with van der Waals surface area (Å²) in [5, 5.41) is 15.2. The molecule has 0 radical (unpaired) electrons. The van der Waals surface area contributed by atoms with Crippen molar-refractivity contribution >= 4 is 24.0 Å². The van der Waals surface area contributed by atoms with Crippen LogP contribution in [-0.4, -0.2) is 39.8 Å². The van der Waals surface area contributed by atoms with Crippen LogP contribution in [0.3, 0.4) is 0 Å². The van der Waals surface area contributed by atoms with Crippen LogP contribution >= 0.6 is 12.4 Å². The zero-order valence-corrected chi connectivity index (χ0v) is 17.6. The second-order valence-corrected chi connectivity index (χ2v) is 8.10. The van der Waals surface area contributed by atoms with Crippen LogP contribution in [0.2, 0.25) is 0 Å². The van der Waals surface area contributed by atoms with Crippen molar-refractivity contribution in [3.8, 4) is 11.4 Å². The van der Waals surface area contributed by atoms with Crippen LogP contribution in [0.15, 0.2) is 18.2 Å². The molecule has 2 saturated carbocycles. The number of tetrazole rings is 1. The Labute approximate surface area is 177 Å². The van der Waals surface area contributed by atoms with Gasteiger partial charge in [0.25, 0.3) is 0 Å². The van der Waals surface area contributed by atoms with E-state index in [4.69, 9.17) is 10.5 Å². The number of carbonyl (C=O) groups excluding carboxylic acids is 1. The fourth-order valence-electron chi connectivity index (χ4n) is 4.20. The van der Waals surface area contributed by atoms with Gasteiger partial charge in [0.05, 0.1) is 7.11 Å². The number of anilines is 1. The van der Waals surface area contributed by atoms with Gasteiger partial charge in [0.2, 0.25) is 5.91 Å². The molecule has 0 aliphatic heterocycles. The Morgan fingerprint density at radius 1 is 1.31 bits per heavy atom. The summed E-state index contributed by atoms with van der Waals surface area (Å²) in [4.78, 5) is 12.7. The Bertz CT molecular complexity index is 845. The summed E-state index contributed by atoms with van der Waals surface area (Å²) in [6.45, 7) is 0.559. The van der Waals surface area contributed by atoms with Crippen LogP contribution in [0.4, 0.5) is 5.69 Å². The Morgan fingerprint density at radius 2 is 2.07 bits per heavy atom. The van der Waals surface area contributed by atoms with Gasteiger partial charge in [-0.25, -0.2) is 0 Å². The fraction of sp³-hybridized carbons (Fsp3) is 0.600. The van der Waals surface area contributed by atoms with Crippen molar-refractivity contribution in [1.82, 2.24) is 20.2 Å². The number of nitrogens with one attached hydrogen (secondary N) is 1. The highest BCUT2D eigenvalue weighted by atomic mass is 35.5. The van der Waals surface area contributed by atoms with Crippen molar-refractivity contribution in [2.45, 2.75) is 57.3 Å². The van der Waals surface area contributed by atoms with Crippen molar-refractivity contribution in [2.75, 3.05) is 19.0 Å². The molecule has 29 heavy (non-hydrogen) atoms. The summed E-state index contributed by atoms with van der Waals surface area (Å²) in [5.74, 6) is 1.90. The second-order valence-electron chi connectivity index (χ2n) is 8.10. The summed E-state index contributed by atoms with van der Waals surface area (Å²) in [6, 6.07) is 5.55. The molecule has 1 aromatic carbocycles. The van der Waals surface area contributed by atoms with E-state index < -0.39 is 0 Å². The van der Waals surface area contributed by atoms with Gasteiger partial charge in [-0.15, -0.1) is 17.5 Å². The van der Waals surface area contributed by atoms with Gasteiger partial charge in [-0.1, -0.05) is 19.3 Å². The number of carbonyl (C=O) groups is 1. The van der Waals surface area contributed by atoms with Crippen LogP contribution < -0.4 is 15.8 Å². The molecule has 0 spiro atoms. The lowest BCUT2D eigenvalue weighted by Crippen LogP contribution is -2.36. The van der Waals surface area contributed by atoms with E-state index >= 15 is 0 Å². The molecule has 158 valence electrons.